The van der Waals surface area contributed by atoms with Gasteiger partial charge < -0.3 is 24.6 Å². The molecule has 4 rings (SSSR count). The number of phenolic OH excluding ortho intramolecular Hbond substituents is 1. The first kappa shape index (κ1) is 26.1. The molecule has 1 aliphatic rings. The number of nitrogens with one attached hydrogen (secondary N) is 1. The maximum absolute atomic E-state index is 12.9. The number of allylic oxidation sites excluding steroid dienone is 2. The molecule has 0 fully saturated rings. The Morgan fingerprint density at radius 1 is 1.14 bits per heavy atom. The monoisotopic (exact) mass is 532 g/mol. The summed E-state index contributed by atoms with van der Waals surface area (Å²) < 4.78 is 53.3. The van der Waals surface area contributed by atoms with Gasteiger partial charge in [-0.3, -0.25) is 4.79 Å². The summed E-state index contributed by atoms with van der Waals surface area (Å²) in [6, 6.07) is 7.26. The van der Waals surface area contributed by atoms with Gasteiger partial charge in [0, 0.05) is 5.38 Å². The molecule has 37 heavy (non-hydrogen) atoms. The number of ether oxygens (including phenoxy) is 3. The Labute approximate surface area is 214 Å². The summed E-state index contributed by atoms with van der Waals surface area (Å²) in [4.78, 5) is 16.9. The second-order valence-electron chi connectivity index (χ2n) is 8.12. The van der Waals surface area contributed by atoms with E-state index in [0.717, 1.165) is 0 Å². The normalized spacial score (nSPS) is 14.1. The summed E-state index contributed by atoms with van der Waals surface area (Å²) in [7, 11) is 2.82. The highest BCUT2D eigenvalue weighted by atomic mass is 32.1. The Morgan fingerprint density at radius 2 is 1.84 bits per heavy atom. The molecule has 1 amide bonds. The van der Waals surface area contributed by atoms with Crippen molar-refractivity contribution in [1.82, 2.24) is 10.3 Å². The van der Waals surface area contributed by atoms with Crippen LogP contribution in [0.5, 0.6) is 23.0 Å². The molecule has 1 aliphatic carbocycles. The number of benzene rings is 2. The van der Waals surface area contributed by atoms with Crippen LogP contribution in [0.2, 0.25) is 0 Å². The number of hydrogen-bond donors (Lipinski definition) is 2. The number of thiazole rings is 1. The fourth-order valence-electron chi connectivity index (χ4n) is 4.09. The minimum absolute atomic E-state index is 0.0575. The molecule has 0 saturated heterocycles. The lowest BCUT2D eigenvalue weighted by atomic mass is 10.00. The van der Waals surface area contributed by atoms with E-state index in [0.29, 0.717) is 39.1 Å². The average molecular weight is 533 g/mol. The van der Waals surface area contributed by atoms with Gasteiger partial charge in [0.1, 0.15) is 5.75 Å². The van der Waals surface area contributed by atoms with E-state index in [1.165, 1.54) is 43.8 Å². The van der Waals surface area contributed by atoms with Crippen molar-refractivity contribution in [2.75, 3.05) is 14.2 Å². The minimum atomic E-state index is -4.85. The van der Waals surface area contributed by atoms with Gasteiger partial charge in [0.25, 0.3) is 0 Å². The number of aromatic hydroxyl groups is 1. The summed E-state index contributed by atoms with van der Waals surface area (Å²) in [5.74, 6) is -0.445. The summed E-state index contributed by atoms with van der Waals surface area (Å²) >= 11 is 1.41. The number of aromatic nitrogens is 1. The molecule has 0 spiro atoms. The molecule has 1 aromatic heterocycles. The van der Waals surface area contributed by atoms with Crippen LogP contribution in [0, 0.1) is 0 Å². The van der Waals surface area contributed by atoms with Crippen molar-refractivity contribution < 1.29 is 37.3 Å². The van der Waals surface area contributed by atoms with Crippen LogP contribution >= 0.6 is 11.3 Å². The molecule has 2 N–H and O–H groups in total. The molecule has 0 bridgehead atoms. The lowest BCUT2D eigenvalue weighted by Crippen LogP contribution is -2.23. The van der Waals surface area contributed by atoms with Gasteiger partial charge in [0.15, 0.2) is 11.5 Å². The van der Waals surface area contributed by atoms with Crippen molar-refractivity contribution in [1.29, 1.82) is 0 Å². The number of amides is 1. The van der Waals surface area contributed by atoms with E-state index in [-0.39, 0.29) is 41.9 Å². The molecule has 0 unspecified atom stereocenters. The standard InChI is InChI=1S/C26H23F3N2O5S/c1-14-19(6-15-7-22(34-2)25(33)23(8-15)35-3)18-5-4-17(36-26(27,28)29)9-21(18)20(14)10-24(32)30-11-16-12-37-13-31-16/h4-9,12-13,33H,10-11H2,1-3H3,(H,30,32)/b19-6-. The van der Waals surface area contributed by atoms with Gasteiger partial charge in [0.05, 0.1) is 38.4 Å². The molecule has 2 aromatic carbocycles. The molecule has 194 valence electrons. The number of alkyl halides is 3. The Bertz CT molecular complexity index is 1360. The molecule has 1 heterocycles. The van der Waals surface area contributed by atoms with Crippen molar-refractivity contribution in [3.63, 3.8) is 0 Å². The van der Waals surface area contributed by atoms with E-state index in [2.05, 4.69) is 15.0 Å². The smallest absolute Gasteiger partial charge is 0.502 e. The Hall–Kier alpha value is -3.99. The predicted molar refractivity (Wildman–Crippen MR) is 133 cm³/mol. The van der Waals surface area contributed by atoms with E-state index < -0.39 is 6.36 Å². The van der Waals surface area contributed by atoms with Crippen LogP contribution in [-0.2, 0) is 11.3 Å². The third-order valence-corrected chi connectivity index (χ3v) is 6.43. The fraction of sp³-hybridized carbons (Fsp3) is 0.231. The van der Waals surface area contributed by atoms with E-state index >= 15 is 0 Å². The maximum atomic E-state index is 12.9. The number of rotatable bonds is 8. The highest BCUT2D eigenvalue weighted by molar-refractivity contribution is 7.07. The lowest BCUT2D eigenvalue weighted by Gasteiger charge is -2.12. The van der Waals surface area contributed by atoms with Crippen LogP contribution in [0.4, 0.5) is 13.2 Å². The summed E-state index contributed by atoms with van der Waals surface area (Å²) in [6.45, 7) is 2.04. The topological polar surface area (TPSA) is 89.9 Å². The zero-order valence-corrected chi connectivity index (χ0v) is 20.9. The Balaban J connectivity index is 1.74. The highest BCUT2D eigenvalue weighted by Gasteiger charge is 2.33. The number of carbonyl (C=O) groups is 1. The molecule has 0 aliphatic heterocycles. The van der Waals surface area contributed by atoms with Crippen molar-refractivity contribution in [2.45, 2.75) is 26.3 Å². The fourth-order valence-corrected chi connectivity index (χ4v) is 4.64. The van der Waals surface area contributed by atoms with Crippen LogP contribution in [0.1, 0.15) is 35.7 Å². The van der Waals surface area contributed by atoms with E-state index in [4.69, 9.17) is 9.47 Å². The van der Waals surface area contributed by atoms with Crippen molar-refractivity contribution in [3.8, 4) is 23.0 Å². The summed E-state index contributed by atoms with van der Waals surface area (Å²) in [5.41, 5.74) is 6.09. The number of hydrogen-bond acceptors (Lipinski definition) is 7. The molecular formula is C26H23F3N2O5S. The van der Waals surface area contributed by atoms with Gasteiger partial charge >= 0.3 is 6.36 Å². The highest BCUT2D eigenvalue weighted by Crippen LogP contribution is 2.46. The Kier molecular flexibility index (Phi) is 7.44. The quantitative estimate of drug-likeness (QED) is 0.381. The number of phenols is 1. The molecule has 0 saturated carbocycles. The third-order valence-electron chi connectivity index (χ3n) is 5.80. The van der Waals surface area contributed by atoms with Crippen LogP contribution in [0.3, 0.4) is 0 Å². The number of halogens is 3. The first-order valence-electron chi connectivity index (χ1n) is 11.0. The van der Waals surface area contributed by atoms with Gasteiger partial charge in [-0.1, -0.05) is 6.07 Å². The molecule has 0 atom stereocenters. The van der Waals surface area contributed by atoms with E-state index in [1.807, 2.05) is 5.38 Å². The second kappa shape index (κ2) is 10.6. The van der Waals surface area contributed by atoms with Gasteiger partial charge in [-0.15, -0.1) is 24.5 Å². The first-order chi connectivity index (χ1) is 17.6. The van der Waals surface area contributed by atoms with E-state index in [1.54, 1.807) is 30.6 Å². The van der Waals surface area contributed by atoms with Crippen LogP contribution in [-0.4, -0.2) is 36.6 Å². The second-order valence-corrected chi connectivity index (χ2v) is 8.84. The Morgan fingerprint density at radius 3 is 2.43 bits per heavy atom. The largest absolute Gasteiger partial charge is 0.573 e. The molecule has 0 radical (unpaired) electrons. The molecule has 11 heteroatoms. The SMILES string of the molecule is COc1cc(/C=C2/C(C)=C(CC(=O)NCc3cscn3)c3cc(OC(F)(F)F)ccc32)cc(OC)c1O. The number of fused-ring (bicyclic) bond motifs is 1. The van der Waals surface area contributed by atoms with Crippen LogP contribution < -0.4 is 19.5 Å². The molecular weight excluding hydrogens is 509 g/mol. The van der Waals surface area contributed by atoms with Gasteiger partial charge in [-0.2, -0.15) is 0 Å². The molecule has 7 nitrogen and oxygen atoms in total. The minimum Gasteiger partial charge on any atom is -0.502 e. The lowest BCUT2D eigenvalue weighted by molar-refractivity contribution is -0.274. The predicted octanol–water partition coefficient (Wildman–Crippen LogP) is 5.80. The van der Waals surface area contributed by atoms with Crippen molar-refractivity contribution >= 4 is 34.5 Å². The third kappa shape index (κ3) is 5.88. The zero-order valence-electron chi connectivity index (χ0n) is 20.1. The zero-order chi connectivity index (χ0) is 26.7. The molecule has 3 aromatic rings. The number of carbonyl (C=O) groups excluding carboxylic acids is 1. The number of nitrogens with zero attached hydrogens (tertiary/aromatic N) is 1. The van der Waals surface area contributed by atoms with Crippen molar-refractivity contribution in [3.05, 3.63) is 69.2 Å². The number of methoxy groups -OCH3 is 2. The summed E-state index contributed by atoms with van der Waals surface area (Å²) in [6.07, 6.45) is -3.12. The van der Waals surface area contributed by atoms with Gasteiger partial charge in [-0.25, -0.2) is 4.98 Å². The van der Waals surface area contributed by atoms with Gasteiger partial charge in [-0.05, 0) is 70.7 Å². The van der Waals surface area contributed by atoms with Crippen LogP contribution in [0.15, 0.2) is 46.8 Å². The maximum Gasteiger partial charge on any atom is 0.573 e. The van der Waals surface area contributed by atoms with Gasteiger partial charge in [0.2, 0.25) is 11.7 Å². The average Bonchev–Trinajstić information content (AvgIpc) is 3.45. The first-order valence-corrected chi connectivity index (χ1v) is 11.9. The van der Waals surface area contributed by atoms with Crippen LogP contribution in [0.25, 0.3) is 17.2 Å². The summed E-state index contributed by atoms with van der Waals surface area (Å²) in [5, 5.41) is 14.8. The van der Waals surface area contributed by atoms with E-state index in [9.17, 15) is 23.1 Å². The van der Waals surface area contributed by atoms with Crippen molar-refractivity contribution in [2.24, 2.45) is 0 Å².